The number of carbonyl (C=O) groups is 1. The molecule has 5 heteroatoms. The second-order valence-corrected chi connectivity index (χ2v) is 3.69. The van der Waals surface area contributed by atoms with E-state index in [1.807, 2.05) is 0 Å². The average molecular weight is 249 g/mol. The van der Waals surface area contributed by atoms with Gasteiger partial charge in [0.05, 0.1) is 10.0 Å². The van der Waals surface area contributed by atoms with E-state index in [1.165, 1.54) is 25.1 Å². The third-order valence-corrected chi connectivity index (χ3v) is 2.61. The van der Waals surface area contributed by atoms with Gasteiger partial charge in [-0.2, -0.15) is 4.39 Å². The van der Waals surface area contributed by atoms with Crippen molar-refractivity contribution in [2.75, 3.05) is 0 Å². The van der Waals surface area contributed by atoms with Gasteiger partial charge in [-0.3, -0.25) is 0 Å². The molecule has 1 aromatic carbocycles. The molecule has 0 aromatic heterocycles. The minimum Gasteiger partial charge on any atom is -0.476 e. The molecule has 0 saturated carbocycles. The molecule has 0 heterocycles. The Bertz CT molecular complexity index is 441. The normalized spacial score (nSPS) is 12.3. The minimum atomic E-state index is -1.60. The molecule has 0 radical (unpaired) electrons. The predicted molar refractivity (Wildman–Crippen MR) is 57.8 cm³/mol. The van der Waals surface area contributed by atoms with E-state index < -0.39 is 11.8 Å². The highest BCUT2D eigenvalue weighted by Gasteiger charge is 2.12. The lowest BCUT2D eigenvalue weighted by molar-refractivity contribution is -0.134. The van der Waals surface area contributed by atoms with Crippen LogP contribution in [0.1, 0.15) is 12.5 Å². The summed E-state index contributed by atoms with van der Waals surface area (Å²) in [4.78, 5) is 10.4. The van der Waals surface area contributed by atoms with Crippen LogP contribution >= 0.6 is 23.2 Å². The van der Waals surface area contributed by atoms with Gasteiger partial charge in [0.2, 0.25) is 5.83 Å². The lowest BCUT2D eigenvalue weighted by atomic mass is 10.1. The number of benzene rings is 1. The van der Waals surface area contributed by atoms with Crippen LogP contribution in [0.25, 0.3) is 5.57 Å². The summed E-state index contributed by atoms with van der Waals surface area (Å²) in [6, 6.07) is 4.41. The van der Waals surface area contributed by atoms with Gasteiger partial charge in [0, 0.05) is 0 Å². The Morgan fingerprint density at radius 3 is 2.40 bits per heavy atom. The molecule has 0 aliphatic heterocycles. The number of hydrogen-bond acceptors (Lipinski definition) is 1. The van der Waals surface area contributed by atoms with E-state index in [9.17, 15) is 9.18 Å². The van der Waals surface area contributed by atoms with E-state index in [1.54, 1.807) is 0 Å². The van der Waals surface area contributed by atoms with Crippen molar-refractivity contribution in [1.29, 1.82) is 0 Å². The summed E-state index contributed by atoms with van der Waals surface area (Å²) in [5, 5.41) is 9.04. The van der Waals surface area contributed by atoms with Gasteiger partial charge in [-0.25, -0.2) is 4.79 Å². The van der Waals surface area contributed by atoms with Crippen molar-refractivity contribution in [3.8, 4) is 0 Å². The molecule has 1 N–H and O–H groups in total. The Morgan fingerprint density at radius 1 is 1.33 bits per heavy atom. The van der Waals surface area contributed by atoms with Crippen molar-refractivity contribution >= 4 is 34.7 Å². The molecule has 1 rings (SSSR count). The number of hydrogen-bond donors (Lipinski definition) is 1. The van der Waals surface area contributed by atoms with E-state index in [0.717, 1.165) is 0 Å². The van der Waals surface area contributed by atoms with E-state index in [2.05, 4.69) is 0 Å². The van der Waals surface area contributed by atoms with Crippen LogP contribution in [-0.2, 0) is 4.79 Å². The van der Waals surface area contributed by atoms with E-state index in [-0.39, 0.29) is 10.6 Å². The van der Waals surface area contributed by atoms with Crippen LogP contribution in [0.4, 0.5) is 4.39 Å². The van der Waals surface area contributed by atoms with Crippen molar-refractivity contribution in [3.63, 3.8) is 0 Å². The van der Waals surface area contributed by atoms with Crippen LogP contribution in [-0.4, -0.2) is 11.1 Å². The molecule has 0 unspecified atom stereocenters. The largest absolute Gasteiger partial charge is 0.476 e. The maximum Gasteiger partial charge on any atom is 0.365 e. The SMILES string of the molecule is CC(=C(F)C(=O)O)c1ccc(Cl)c(Cl)c1. The first kappa shape index (κ1) is 12.0. The molecule has 2 nitrogen and oxygen atoms in total. The number of halogens is 3. The fourth-order valence-corrected chi connectivity index (χ4v) is 1.31. The van der Waals surface area contributed by atoms with E-state index in [0.29, 0.717) is 10.6 Å². The number of aliphatic carboxylic acids is 1. The average Bonchev–Trinajstić information content (AvgIpc) is 2.19. The lowest BCUT2D eigenvalue weighted by Gasteiger charge is -2.03. The number of rotatable bonds is 2. The van der Waals surface area contributed by atoms with Gasteiger partial charge >= 0.3 is 5.97 Å². The predicted octanol–water partition coefficient (Wildman–Crippen LogP) is 3.78. The van der Waals surface area contributed by atoms with Crippen molar-refractivity contribution in [2.24, 2.45) is 0 Å². The molecule has 15 heavy (non-hydrogen) atoms. The van der Waals surface area contributed by atoms with E-state index >= 15 is 0 Å². The third-order valence-electron chi connectivity index (χ3n) is 1.87. The summed E-state index contributed by atoms with van der Waals surface area (Å²) in [6.45, 7) is 1.36. The summed E-state index contributed by atoms with van der Waals surface area (Å²) in [7, 11) is 0. The van der Waals surface area contributed by atoms with Crippen molar-refractivity contribution < 1.29 is 14.3 Å². The van der Waals surface area contributed by atoms with Crippen LogP contribution in [0.2, 0.25) is 10.0 Å². The molecule has 0 saturated heterocycles. The van der Waals surface area contributed by atoms with Gasteiger partial charge in [0.1, 0.15) is 0 Å². The monoisotopic (exact) mass is 248 g/mol. The maximum atomic E-state index is 13.0. The fraction of sp³-hybridized carbons (Fsp3) is 0.100. The molecule has 0 fully saturated rings. The molecular weight excluding hydrogens is 242 g/mol. The Hall–Kier alpha value is -1.06. The van der Waals surface area contributed by atoms with Gasteiger partial charge in [-0.15, -0.1) is 0 Å². The first-order chi connectivity index (χ1) is 6.93. The highest BCUT2D eigenvalue weighted by Crippen LogP contribution is 2.27. The summed E-state index contributed by atoms with van der Waals surface area (Å²) < 4.78 is 13.0. The standard InChI is InChI=1S/C10H7Cl2FO2/c1-5(9(13)10(14)15)6-2-3-7(11)8(12)4-6/h2-4H,1H3,(H,14,15). The zero-order valence-corrected chi connectivity index (χ0v) is 9.23. The van der Waals surface area contributed by atoms with Crippen LogP contribution in [0, 0.1) is 0 Å². The zero-order valence-electron chi connectivity index (χ0n) is 7.72. The van der Waals surface area contributed by atoms with Crippen molar-refractivity contribution in [3.05, 3.63) is 39.6 Å². The highest BCUT2D eigenvalue weighted by atomic mass is 35.5. The van der Waals surface area contributed by atoms with Crippen LogP contribution < -0.4 is 0 Å². The van der Waals surface area contributed by atoms with Crippen LogP contribution in [0.5, 0.6) is 0 Å². The Morgan fingerprint density at radius 2 is 1.93 bits per heavy atom. The van der Waals surface area contributed by atoms with Crippen molar-refractivity contribution in [1.82, 2.24) is 0 Å². The second-order valence-electron chi connectivity index (χ2n) is 2.87. The molecular formula is C10H7Cl2FO2. The summed E-state index contributed by atoms with van der Waals surface area (Å²) in [6.07, 6.45) is 0. The first-order valence-electron chi connectivity index (χ1n) is 3.98. The number of allylic oxidation sites excluding steroid dienone is 1. The van der Waals surface area contributed by atoms with Crippen LogP contribution in [0.15, 0.2) is 24.0 Å². The lowest BCUT2D eigenvalue weighted by Crippen LogP contribution is -1.97. The first-order valence-corrected chi connectivity index (χ1v) is 4.74. The zero-order chi connectivity index (χ0) is 11.6. The van der Waals surface area contributed by atoms with Gasteiger partial charge in [-0.1, -0.05) is 29.3 Å². The summed E-state index contributed by atoms with van der Waals surface area (Å²) >= 11 is 11.4. The van der Waals surface area contributed by atoms with Gasteiger partial charge in [-0.05, 0) is 30.2 Å². The molecule has 1 aromatic rings. The topological polar surface area (TPSA) is 37.3 Å². The molecule has 0 aliphatic carbocycles. The van der Waals surface area contributed by atoms with Crippen molar-refractivity contribution in [2.45, 2.75) is 6.92 Å². The summed E-state index contributed by atoms with van der Waals surface area (Å²) in [5.41, 5.74) is 0.408. The Kier molecular flexibility index (Phi) is 3.72. The molecule has 0 atom stereocenters. The van der Waals surface area contributed by atoms with Gasteiger partial charge in [0.25, 0.3) is 0 Å². The molecule has 80 valence electrons. The van der Waals surface area contributed by atoms with Gasteiger partial charge < -0.3 is 5.11 Å². The number of carboxylic acid groups (broad SMARTS) is 1. The smallest absolute Gasteiger partial charge is 0.365 e. The molecule has 0 aliphatic rings. The minimum absolute atomic E-state index is 0.0149. The molecule has 0 spiro atoms. The molecule has 0 amide bonds. The second kappa shape index (κ2) is 4.64. The number of carboxylic acids is 1. The van der Waals surface area contributed by atoms with Gasteiger partial charge in [0.15, 0.2) is 0 Å². The Balaban J connectivity index is 3.23. The maximum absolute atomic E-state index is 13.0. The Labute approximate surface area is 95.9 Å². The third kappa shape index (κ3) is 2.70. The highest BCUT2D eigenvalue weighted by molar-refractivity contribution is 6.42. The van der Waals surface area contributed by atoms with Crippen LogP contribution in [0.3, 0.4) is 0 Å². The van der Waals surface area contributed by atoms with E-state index in [4.69, 9.17) is 28.3 Å². The quantitative estimate of drug-likeness (QED) is 0.810. The molecule has 0 bridgehead atoms. The summed E-state index contributed by atoms with van der Waals surface area (Å²) in [5.74, 6) is -2.80. The fourth-order valence-electron chi connectivity index (χ4n) is 1.02.